The van der Waals surface area contributed by atoms with E-state index in [4.69, 9.17) is 11.5 Å². The normalized spacial score (nSPS) is 17.1. The number of hydrogen-bond acceptors (Lipinski definition) is 7. The highest BCUT2D eigenvalue weighted by molar-refractivity contribution is 5.94. The standard InChI is InChI=1S/C29H39N5O6/c30-15-5-4-9-22(31)26(36)32-23(17-19-7-2-1-3-8-19)27(37)33-24(18-20-11-13-21(35)14-12-20)28(38)34-16-6-10-25(34)29(39)40/h1-3,7-8,11-14,22-25,35H,4-6,9-10,15-18,30-31H2,(H,32,36)(H,33,37)(H,39,40). The third-order valence-corrected chi connectivity index (χ3v) is 7.03. The molecule has 0 radical (unpaired) electrons. The van der Waals surface area contributed by atoms with E-state index in [-0.39, 0.29) is 25.1 Å². The smallest absolute Gasteiger partial charge is 0.326 e. The Hall–Kier alpha value is -3.96. The topological polar surface area (TPSA) is 188 Å². The van der Waals surface area contributed by atoms with Crippen molar-refractivity contribution in [3.8, 4) is 5.75 Å². The van der Waals surface area contributed by atoms with E-state index in [0.29, 0.717) is 37.8 Å². The lowest BCUT2D eigenvalue weighted by atomic mass is 10.0. The molecule has 0 saturated carbocycles. The summed E-state index contributed by atoms with van der Waals surface area (Å²) in [7, 11) is 0. The van der Waals surface area contributed by atoms with Crippen LogP contribution in [0.2, 0.25) is 0 Å². The van der Waals surface area contributed by atoms with Crippen molar-refractivity contribution >= 4 is 23.7 Å². The van der Waals surface area contributed by atoms with Crippen LogP contribution in [-0.4, -0.2) is 76.1 Å². The van der Waals surface area contributed by atoms with E-state index in [0.717, 1.165) is 12.0 Å². The number of phenols is 1. The molecule has 0 aromatic heterocycles. The van der Waals surface area contributed by atoms with E-state index in [1.54, 1.807) is 12.1 Å². The van der Waals surface area contributed by atoms with Crippen LogP contribution >= 0.6 is 0 Å². The van der Waals surface area contributed by atoms with Gasteiger partial charge in [-0.15, -0.1) is 0 Å². The molecule has 216 valence electrons. The van der Waals surface area contributed by atoms with Gasteiger partial charge >= 0.3 is 5.97 Å². The van der Waals surface area contributed by atoms with Crippen molar-refractivity contribution in [1.82, 2.24) is 15.5 Å². The number of carbonyl (C=O) groups excluding carboxylic acids is 3. The Balaban J connectivity index is 1.83. The Labute approximate surface area is 233 Å². The lowest BCUT2D eigenvalue weighted by molar-refractivity contribution is -0.149. The zero-order chi connectivity index (χ0) is 29.1. The number of amides is 3. The maximum atomic E-state index is 13.6. The maximum Gasteiger partial charge on any atom is 0.326 e. The second-order valence-electron chi connectivity index (χ2n) is 10.1. The van der Waals surface area contributed by atoms with Crippen LogP contribution < -0.4 is 22.1 Å². The third-order valence-electron chi connectivity index (χ3n) is 7.03. The van der Waals surface area contributed by atoms with Gasteiger partial charge in [0.05, 0.1) is 6.04 Å². The van der Waals surface area contributed by atoms with Crippen molar-refractivity contribution in [3.63, 3.8) is 0 Å². The number of unbranched alkanes of at least 4 members (excludes halogenated alkanes) is 1. The first-order valence-electron chi connectivity index (χ1n) is 13.6. The Morgan fingerprint density at radius 1 is 0.900 bits per heavy atom. The predicted molar refractivity (Wildman–Crippen MR) is 149 cm³/mol. The van der Waals surface area contributed by atoms with Gasteiger partial charge in [-0.3, -0.25) is 14.4 Å². The van der Waals surface area contributed by atoms with Crippen LogP contribution in [0.25, 0.3) is 0 Å². The first-order valence-corrected chi connectivity index (χ1v) is 13.6. The van der Waals surface area contributed by atoms with Gasteiger partial charge in [0.1, 0.15) is 23.9 Å². The van der Waals surface area contributed by atoms with E-state index in [9.17, 15) is 29.4 Å². The zero-order valence-corrected chi connectivity index (χ0v) is 22.5. The number of nitrogens with one attached hydrogen (secondary N) is 2. The fourth-order valence-electron chi connectivity index (χ4n) is 4.81. The van der Waals surface area contributed by atoms with Crippen LogP contribution in [0.1, 0.15) is 43.2 Å². The second kappa shape index (κ2) is 15.0. The number of aliphatic carboxylic acids is 1. The number of phenolic OH excluding ortho intramolecular Hbond substituents is 1. The van der Waals surface area contributed by atoms with Crippen molar-refractivity contribution in [1.29, 1.82) is 0 Å². The average molecular weight is 554 g/mol. The van der Waals surface area contributed by atoms with E-state index in [2.05, 4.69) is 10.6 Å². The highest BCUT2D eigenvalue weighted by Crippen LogP contribution is 2.20. The fourth-order valence-corrected chi connectivity index (χ4v) is 4.81. The third kappa shape index (κ3) is 8.78. The predicted octanol–water partition coefficient (Wildman–Crippen LogP) is 0.679. The first-order chi connectivity index (χ1) is 19.2. The number of rotatable bonds is 14. The molecule has 4 unspecified atom stereocenters. The Bertz CT molecular complexity index is 1140. The van der Waals surface area contributed by atoms with Gasteiger partial charge in [-0.1, -0.05) is 48.9 Å². The van der Waals surface area contributed by atoms with Gasteiger partial charge in [0.2, 0.25) is 17.7 Å². The van der Waals surface area contributed by atoms with Crippen molar-refractivity contribution < 1.29 is 29.4 Å². The highest BCUT2D eigenvalue weighted by Gasteiger charge is 2.38. The number of carboxylic acid groups (broad SMARTS) is 1. The number of carbonyl (C=O) groups is 4. The number of nitrogens with two attached hydrogens (primary N) is 2. The number of carboxylic acids is 1. The van der Waals surface area contributed by atoms with Crippen LogP contribution in [0, 0.1) is 0 Å². The van der Waals surface area contributed by atoms with Gasteiger partial charge in [-0.25, -0.2) is 4.79 Å². The largest absolute Gasteiger partial charge is 0.508 e. The van der Waals surface area contributed by atoms with E-state index >= 15 is 0 Å². The second-order valence-corrected chi connectivity index (χ2v) is 10.1. The summed E-state index contributed by atoms with van der Waals surface area (Å²) in [5, 5.41) is 24.8. The summed E-state index contributed by atoms with van der Waals surface area (Å²) in [4.78, 5) is 53.2. The summed E-state index contributed by atoms with van der Waals surface area (Å²) < 4.78 is 0. The molecular formula is C29H39N5O6. The summed E-state index contributed by atoms with van der Waals surface area (Å²) in [5.74, 6) is -2.64. The molecule has 40 heavy (non-hydrogen) atoms. The number of likely N-dealkylation sites (tertiary alicyclic amines) is 1. The molecular weight excluding hydrogens is 514 g/mol. The molecule has 2 aromatic rings. The molecule has 2 aromatic carbocycles. The van der Waals surface area contributed by atoms with Gasteiger partial charge < -0.3 is 37.2 Å². The quantitative estimate of drug-likeness (QED) is 0.184. The van der Waals surface area contributed by atoms with Crippen LogP contribution in [-0.2, 0) is 32.0 Å². The summed E-state index contributed by atoms with van der Waals surface area (Å²) in [6.45, 7) is 0.753. The zero-order valence-electron chi connectivity index (χ0n) is 22.5. The van der Waals surface area contributed by atoms with Gasteiger partial charge in [-0.2, -0.15) is 0 Å². The maximum absolute atomic E-state index is 13.6. The van der Waals surface area contributed by atoms with Gasteiger partial charge in [-0.05, 0) is 55.5 Å². The molecule has 11 heteroatoms. The molecule has 8 N–H and O–H groups in total. The SMILES string of the molecule is NCCCCC(N)C(=O)NC(Cc1ccccc1)C(=O)NC(Cc1ccc(O)cc1)C(=O)N1CCCC1C(=O)O. The minimum absolute atomic E-state index is 0.0505. The first kappa shape index (κ1) is 30.6. The summed E-state index contributed by atoms with van der Waals surface area (Å²) in [6.07, 6.45) is 2.91. The molecule has 1 aliphatic rings. The molecule has 0 spiro atoms. The summed E-state index contributed by atoms with van der Waals surface area (Å²) in [5.41, 5.74) is 13.1. The molecule has 1 aliphatic heterocycles. The molecule has 1 heterocycles. The van der Waals surface area contributed by atoms with E-state index in [1.165, 1.54) is 17.0 Å². The highest BCUT2D eigenvalue weighted by atomic mass is 16.4. The van der Waals surface area contributed by atoms with Crippen LogP contribution in [0.4, 0.5) is 0 Å². The van der Waals surface area contributed by atoms with Gasteiger partial charge in [0.25, 0.3) is 0 Å². The fraction of sp³-hybridized carbons (Fsp3) is 0.448. The minimum atomic E-state index is -1.10. The van der Waals surface area contributed by atoms with Crippen molar-refractivity contribution in [2.24, 2.45) is 11.5 Å². The van der Waals surface area contributed by atoms with Gasteiger partial charge in [0.15, 0.2) is 0 Å². The lowest BCUT2D eigenvalue weighted by Crippen LogP contribution is -2.58. The molecule has 4 atom stereocenters. The van der Waals surface area contributed by atoms with Crippen molar-refractivity contribution in [2.45, 2.75) is 69.1 Å². The summed E-state index contributed by atoms with van der Waals surface area (Å²) in [6, 6.07) is 11.4. The number of aromatic hydroxyl groups is 1. The van der Waals surface area contributed by atoms with Crippen molar-refractivity contribution in [3.05, 3.63) is 65.7 Å². The number of benzene rings is 2. The lowest BCUT2D eigenvalue weighted by Gasteiger charge is -2.29. The molecule has 11 nitrogen and oxygen atoms in total. The van der Waals surface area contributed by atoms with Gasteiger partial charge in [0, 0.05) is 19.4 Å². The van der Waals surface area contributed by atoms with E-state index in [1.807, 2.05) is 30.3 Å². The molecule has 1 saturated heterocycles. The Morgan fingerprint density at radius 3 is 2.17 bits per heavy atom. The molecule has 0 aliphatic carbocycles. The molecule has 3 rings (SSSR count). The Kier molecular flexibility index (Phi) is 11.5. The average Bonchev–Trinajstić information content (AvgIpc) is 3.44. The number of nitrogens with zero attached hydrogens (tertiary/aromatic N) is 1. The molecule has 3 amide bonds. The number of hydrogen-bond donors (Lipinski definition) is 6. The molecule has 1 fully saturated rings. The summed E-state index contributed by atoms with van der Waals surface area (Å²) >= 11 is 0. The van der Waals surface area contributed by atoms with Crippen LogP contribution in [0.15, 0.2) is 54.6 Å². The Morgan fingerprint density at radius 2 is 1.52 bits per heavy atom. The van der Waals surface area contributed by atoms with Crippen LogP contribution in [0.3, 0.4) is 0 Å². The minimum Gasteiger partial charge on any atom is -0.508 e. The van der Waals surface area contributed by atoms with Crippen LogP contribution in [0.5, 0.6) is 5.75 Å². The van der Waals surface area contributed by atoms with E-state index < -0.39 is 47.9 Å². The van der Waals surface area contributed by atoms with Crippen molar-refractivity contribution in [2.75, 3.05) is 13.1 Å². The monoisotopic (exact) mass is 553 g/mol. The molecule has 0 bridgehead atoms.